The van der Waals surface area contributed by atoms with Crippen LogP contribution in [0.5, 0.6) is 0 Å². The number of hydrogen-bond donors (Lipinski definition) is 5. The Balaban J connectivity index is 2.41. The normalized spacial score (nSPS) is 30.1. The van der Waals surface area contributed by atoms with Crippen molar-refractivity contribution >= 4 is 12.1 Å². The van der Waals surface area contributed by atoms with Gasteiger partial charge in [-0.25, -0.2) is 4.98 Å². The van der Waals surface area contributed by atoms with Crippen LogP contribution >= 0.6 is 0 Å². The molecule has 4 atom stereocenters. The first-order valence-electron chi connectivity index (χ1n) is 5.67. The van der Waals surface area contributed by atoms with E-state index in [1.807, 2.05) is 0 Å². The molecule has 0 spiro atoms. The fourth-order valence-electron chi connectivity index (χ4n) is 2.06. The van der Waals surface area contributed by atoms with Crippen LogP contribution in [-0.2, 0) is 4.74 Å². The molecule has 2 rings (SSSR count). The number of rotatable bonds is 4. The van der Waals surface area contributed by atoms with Gasteiger partial charge in [0, 0.05) is 0 Å². The molecular formula is C10H14N4O6. The van der Waals surface area contributed by atoms with E-state index in [1.165, 1.54) is 4.57 Å². The Morgan fingerprint density at radius 2 is 2.25 bits per heavy atom. The molecular weight excluding hydrogens is 272 g/mol. The average molecular weight is 286 g/mol. The highest BCUT2D eigenvalue weighted by atomic mass is 16.6. The fraction of sp³-hybridized carbons (Fsp3) is 0.500. The predicted octanol–water partition coefficient (Wildman–Crippen LogP) is -2.60. The number of aliphatic hydroxyl groups is 3. The summed E-state index contributed by atoms with van der Waals surface area (Å²) >= 11 is 0. The molecule has 1 aliphatic rings. The zero-order valence-electron chi connectivity index (χ0n) is 10.2. The lowest BCUT2D eigenvalue weighted by atomic mass is 10.1. The third-order valence-corrected chi connectivity index (χ3v) is 3.04. The number of carbonyl (C=O) groups excluding carboxylic acids is 1. The van der Waals surface area contributed by atoms with Gasteiger partial charge in [-0.1, -0.05) is 5.16 Å². The summed E-state index contributed by atoms with van der Waals surface area (Å²) in [6.45, 7) is -0.491. The molecule has 0 saturated carbocycles. The summed E-state index contributed by atoms with van der Waals surface area (Å²) in [7, 11) is 0. The Kier molecular flexibility index (Phi) is 3.99. The number of oxime groups is 1. The van der Waals surface area contributed by atoms with Gasteiger partial charge in [0.1, 0.15) is 18.3 Å². The van der Waals surface area contributed by atoms with Crippen LogP contribution in [0.25, 0.3) is 0 Å². The number of carbonyl (C=O) groups is 1. The standard InChI is InChI=1S/C10H14N4O6/c11-9(18)6-4(1-13-19)14(3-12-6)10-8(17)7(16)5(2-15)20-10/h1,3,5,7-8,10,15-17,19H,2H2,(H2,11,18)/b13-1+/t5-,7-,8-,10-/m1/s1. The first-order chi connectivity index (χ1) is 9.51. The second-order valence-electron chi connectivity index (χ2n) is 4.22. The van der Waals surface area contributed by atoms with Gasteiger partial charge in [-0.3, -0.25) is 9.36 Å². The van der Waals surface area contributed by atoms with Gasteiger partial charge in [-0.15, -0.1) is 0 Å². The minimum atomic E-state index is -1.35. The van der Waals surface area contributed by atoms with Gasteiger partial charge < -0.3 is 31.0 Å². The van der Waals surface area contributed by atoms with Crippen LogP contribution < -0.4 is 5.73 Å². The number of aliphatic hydroxyl groups excluding tert-OH is 3. The predicted molar refractivity (Wildman–Crippen MR) is 63.1 cm³/mol. The van der Waals surface area contributed by atoms with Crippen molar-refractivity contribution in [3.8, 4) is 0 Å². The fourth-order valence-corrected chi connectivity index (χ4v) is 2.06. The molecule has 2 heterocycles. The molecule has 1 amide bonds. The van der Waals surface area contributed by atoms with Crippen molar-refractivity contribution in [2.24, 2.45) is 10.9 Å². The second-order valence-corrected chi connectivity index (χ2v) is 4.22. The van der Waals surface area contributed by atoms with Crippen molar-refractivity contribution in [1.82, 2.24) is 9.55 Å². The Morgan fingerprint density at radius 3 is 2.75 bits per heavy atom. The first kappa shape index (κ1) is 14.4. The smallest absolute Gasteiger partial charge is 0.269 e. The van der Waals surface area contributed by atoms with E-state index in [9.17, 15) is 15.0 Å². The lowest BCUT2D eigenvalue weighted by Gasteiger charge is -2.17. The molecule has 0 radical (unpaired) electrons. The van der Waals surface area contributed by atoms with Crippen LogP contribution in [0.15, 0.2) is 11.5 Å². The molecule has 1 aromatic rings. The van der Waals surface area contributed by atoms with E-state index < -0.39 is 37.1 Å². The number of amides is 1. The van der Waals surface area contributed by atoms with E-state index in [2.05, 4.69) is 10.1 Å². The molecule has 1 aromatic heterocycles. The van der Waals surface area contributed by atoms with Crippen molar-refractivity contribution in [3.63, 3.8) is 0 Å². The zero-order valence-corrected chi connectivity index (χ0v) is 10.2. The van der Waals surface area contributed by atoms with E-state index in [4.69, 9.17) is 20.8 Å². The van der Waals surface area contributed by atoms with Crippen LogP contribution in [0.1, 0.15) is 22.4 Å². The van der Waals surface area contributed by atoms with E-state index in [0.717, 1.165) is 12.5 Å². The number of nitrogens with two attached hydrogens (primary N) is 1. The number of ether oxygens (including phenoxy) is 1. The topological polar surface area (TPSA) is 163 Å². The van der Waals surface area contributed by atoms with Crippen molar-refractivity contribution < 1.29 is 30.1 Å². The molecule has 10 heteroatoms. The average Bonchev–Trinajstić information content (AvgIpc) is 2.94. The van der Waals surface area contributed by atoms with Gasteiger partial charge in [0.05, 0.1) is 24.8 Å². The summed E-state index contributed by atoms with van der Waals surface area (Å²) in [5, 5.41) is 40.0. The monoisotopic (exact) mass is 286 g/mol. The lowest BCUT2D eigenvalue weighted by Crippen LogP contribution is -2.33. The highest BCUT2D eigenvalue weighted by Crippen LogP contribution is 2.30. The number of aromatic nitrogens is 2. The van der Waals surface area contributed by atoms with E-state index >= 15 is 0 Å². The van der Waals surface area contributed by atoms with Crippen molar-refractivity contribution in [3.05, 3.63) is 17.7 Å². The Hall–Kier alpha value is -2.01. The molecule has 20 heavy (non-hydrogen) atoms. The van der Waals surface area contributed by atoms with Gasteiger partial charge in [-0.2, -0.15) is 0 Å². The lowest BCUT2D eigenvalue weighted by molar-refractivity contribution is -0.0529. The number of imidazole rings is 1. The van der Waals surface area contributed by atoms with Gasteiger partial charge in [0.15, 0.2) is 11.9 Å². The molecule has 1 aliphatic heterocycles. The highest BCUT2D eigenvalue weighted by molar-refractivity contribution is 5.98. The zero-order chi connectivity index (χ0) is 14.9. The van der Waals surface area contributed by atoms with Crippen LogP contribution in [0.4, 0.5) is 0 Å². The largest absolute Gasteiger partial charge is 0.411 e. The number of hydrogen-bond acceptors (Lipinski definition) is 8. The summed E-state index contributed by atoms with van der Waals surface area (Å²) in [4.78, 5) is 14.9. The molecule has 0 unspecified atom stereocenters. The summed E-state index contributed by atoms with van der Waals surface area (Å²) in [5.41, 5.74) is 4.95. The molecule has 10 nitrogen and oxygen atoms in total. The second kappa shape index (κ2) is 5.54. The van der Waals surface area contributed by atoms with Gasteiger partial charge in [0.25, 0.3) is 5.91 Å². The Labute approximate surface area is 112 Å². The molecule has 0 aliphatic carbocycles. The van der Waals surface area contributed by atoms with Crippen LogP contribution in [0.2, 0.25) is 0 Å². The van der Waals surface area contributed by atoms with Crippen LogP contribution in [0.3, 0.4) is 0 Å². The maximum Gasteiger partial charge on any atom is 0.269 e. The van der Waals surface area contributed by atoms with Crippen molar-refractivity contribution in [2.75, 3.05) is 6.61 Å². The third kappa shape index (κ3) is 2.25. The summed E-state index contributed by atoms with van der Waals surface area (Å²) in [6.07, 6.45) is -2.68. The van der Waals surface area contributed by atoms with Gasteiger partial charge >= 0.3 is 0 Å². The van der Waals surface area contributed by atoms with Crippen LogP contribution in [-0.4, -0.2) is 67.1 Å². The molecule has 6 N–H and O–H groups in total. The number of primary amides is 1. The van der Waals surface area contributed by atoms with Crippen molar-refractivity contribution in [2.45, 2.75) is 24.5 Å². The van der Waals surface area contributed by atoms with E-state index in [0.29, 0.717) is 0 Å². The summed E-state index contributed by atoms with van der Waals surface area (Å²) in [5.74, 6) is -0.856. The van der Waals surface area contributed by atoms with Gasteiger partial charge in [-0.05, 0) is 0 Å². The molecule has 1 saturated heterocycles. The third-order valence-electron chi connectivity index (χ3n) is 3.04. The van der Waals surface area contributed by atoms with Gasteiger partial charge in [0.2, 0.25) is 0 Å². The molecule has 1 fully saturated rings. The summed E-state index contributed by atoms with van der Waals surface area (Å²) < 4.78 is 6.46. The molecule has 0 bridgehead atoms. The highest BCUT2D eigenvalue weighted by Gasteiger charge is 2.44. The first-order valence-corrected chi connectivity index (χ1v) is 5.67. The van der Waals surface area contributed by atoms with Crippen LogP contribution in [0, 0.1) is 0 Å². The van der Waals surface area contributed by atoms with Crippen molar-refractivity contribution in [1.29, 1.82) is 0 Å². The summed E-state index contributed by atoms with van der Waals surface area (Å²) in [6, 6.07) is 0. The maximum absolute atomic E-state index is 11.2. The Morgan fingerprint density at radius 1 is 1.55 bits per heavy atom. The minimum Gasteiger partial charge on any atom is -0.411 e. The maximum atomic E-state index is 11.2. The van der Waals surface area contributed by atoms with E-state index in [1.54, 1.807) is 0 Å². The molecule has 0 aromatic carbocycles. The SMILES string of the molecule is NC(=O)c1ncn([C@@H]2O[C@H](CO)[C@@H](O)[C@H]2O)c1/C=N/O. The number of nitrogens with zero attached hydrogens (tertiary/aromatic N) is 3. The minimum absolute atomic E-state index is 0.00911. The molecule has 110 valence electrons. The Bertz CT molecular complexity index is 530. The quantitative estimate of drug-likeness (QED) is 0.230. The van der Waals surface area contributed by atoms with E-state index in [-0.39, 0.29) is 11.4 Å².